The number of β-amino-alcohol motifs (C(OH)–C–C–N with tert-alkyl or cyclic N) is 1. The lowest BCUT2D eigenvalue weighted by Crippen LogP contribution is -2.47. The van der Waals surface area contributed by atoms with Gasteiger partial charge in [0.25, 0.3) is 0 Å². The lowest BCUT2D eigenvalue weighted by molar-refractivity contribution is 0.0594. The van der Waals surface area contributed by atoms with Crippen molar-refractivity contribution in [3.8, 4) is 0 Å². The molecule has 0 amide bonds. The number of nitrogens with zero attached hydrogens (tertiary/aromatic N) is 3. The first kappa shape index (κ1) is 13.8. The first-order valence-corrected chi connectivity index (χ1v) is 6.37. The van der Waals surface area contributed by atoms with Crippen molar-refractivity contribution in [1.29, 1.82) is 0 Å². The SMILES string of the molecule is COC(=O)c1cc(N2CCN(CCO)CC2)ccn1. The van der Waals surface area contributed by atoms with E-state index in [1.54, 1.807) is 12.3 Å². The smallest absolute Gasteiger partial charge is 0.356 e. The van der Waals surface area contributed by atoms with E-state index in [4.69, 9.17) is 5.11 Å². The van der Waals surface area contributed by atoms with E-state index in [0.29, 0.717) is 5.69 Å². The lowest BCUT2D eigenvalue weighted by Gasteiger charge is -2.35. The average Bonchev–Trinajstić information content (AvgIpc) is 2.48. The number of methoxy groups -OCH3 is 1. The van der Waals surface area contributed by atoms with E-state index in [0.717, 1.165) is 38.4 Å². The fraction of sp³-hybridized carbons (Fsp3) is 0.538. The van der Waals surface area contributed by atoms with Gasteiger partial charge in [0.15, 0.2) is 0 Å². The minimum absolute atomic E-state index is 0.196. The van der Waals surface area contributed by atoms with Gasteiger partial charge in [0.05, 0.1) is 13.7 Å². The van der Waals surface area contributed by atoms with E-state index in [2.05, 4.69) is 19.5 Å². The maximum Gasteiger partial charge on any atom is 0.356 e. The minimum Gasteiger partial charge on any atom is -0.464 e. The summed E-state index contributed by atoms with van der Waals surface area (Å²) in [6.45, 7) is 4.50. The molecule has 0 spiro atoms. The molecule has 1 aromatic rings. The topological polar surface area (TPSA) is 65.9 Å². The Bertz CT molecular complexity index is 431. The minimum atomic E-state index is -0.416. The number of piperazine rings is 1. The molecular weight excluding hydrogens is 246 g/mol. The fourth-order valence-corrected chi connectivity index (χ4v) is 2.20. The maximum absolute atomic E-state index is 11.4. The van der Waals surface area contributed by atoms with Crippen LogP contribution in [0.3, 0.4) is 0 Å². The molecular formula is C13H19N3O3. The van der Waals surface area contributed by atoms with Crippen LogP contribution in [-0.2, 0) is 4.74 Å². The lowest BCUT2D eigenvalue weighted by atomic mass is 10.2. The zero-order valence-corrected chi connectivity index (χ0v) is 11.1. The third-order valence-corrected chi connectivity index (χ3v) is 3.29. The molecule has 104 valence electrons. The molecule has 0 atom stereocenters. The second kappa shape index (κ2) is 6.49. The molecule has 1 fully saturated rings. The van der Waals surface area contributed by atoms with Crippen LogP contribution in [0.2, 0.25) is 0 Å². The van der Waals surface area contributed by atoms with Gasteiger partial charge in [0.1, 0.15) is 5.69 Å². The number of carbonyl (C=O) groups excluding carboxylic acids is 1. The Morgan fingerprint density at radius 2 is 2.16 bits per heavy atom. The number of aliphatic hydroxyl groups is 1. The van der Waals surface area contributed by atoms with Gasteiger partial charge >= 0.3 is 5.97 Å². The van der Waals surface area contributed by atoms with Gasteiger partial charge < -0.3 is 14.7 Å². The zero-order valence-electron chi connectivity index (χ0n) is 11.1. The van der Waals surface area contributed by atoms with Crippen molar-refractivity contribution >= 4 is 11.7 Å². The van der Waals surface area contributed by atoms with Gasteiger partial charge in [-0.2, -0.15) is 0 Å². The molecule has 0 radical (unpaired) electrons. The van der Waals surface area contributed by atoms with Gasteiger partial charge in [-0.25, -0.2) is 9.78 Å². The molecule has 2 heterocycles. The number of pyridine rings is 1. The third kappa shape index (κ3) is 3.42. The Kier molecular flexibility index (Phi) is 4.70. The van der Waals surface area contributed by atoms with Gasteiger partial charge in [0, 0.05) is 44.6 Å². The number of rotatable bonds is 4. The summed E-state index contributed by atoms with van der Waals surface area (Å²) in [6.07, 6.45) is 1.63. The summed E-state index contributed by atoms with van der Waals surface area (Å²) in [5.74, 6) is -0.416. The quantitative estimate of drug-likeness (QED) is 0.772. The van der Waals surface area contributed by atoms with Crippen molar-refractivity contribution in [1.82, 2.24) is 9.88 Å². The highest BCUT2D eigenvalue weighted by Crippen LogP contribution is 2.17. The highest BCUT2D eigenvalue weighted by molar-refractivity contribution is 5.88. The standard InChI is InChI=1S/C13H19N3O3/c1-19-13(18)12-10-11(2-3-14-12)16-6-4-15(5-7-16)8-9-17/h2-3,10,17H,4-9H2,1H3. The van der Waals surface area contributed by atoms with E-state index in [1.807, 2.05) is 6.07 Å². The zero-order chi connectivity index (χ0) is 13.7. The van der Waals surface area contributed by atoms with Gasteiger partial charge in [-0.15, -0.1) is 0 Å². The molecule has 0 saturated carbocycles. The van der Waals surface area contributed by atoms with Crippen molar-refractivity contribution in [2.45, 2.75) is 0 Å². The van der Waals surface area contributed by atoms with Crippen LogP contribution in [-0.4, -0.2) is 67.4 Å². The number of anilines is 1. The number of aliphatic hydroxyl groups excluding tert-OH is 1. The number of hydrogen-bond acceptors (Lipinski definition) is 6. The molecule has 1 aliphatic heterocycles. The van der Waals surface area contributed by atoms with Crippen molar-refractivity contribution in [3.63, 3.8) is 0 Å². The molecule has 1 saturated heterocycles. The fourth-order valence-electron chi connectivity index (χ4n) is 2.20. The van der Waals surface area contributed by atoms with E-state index < -0.39 is 5.97 Å². The molecule has 1 aliphatic rings. The Morgan fingerprint density at radius 3 is 2.79 bits per heavy atom. The van der Waals surface area contributed by atoms with Gasteiger partial charge in [0.2, 0.25) is 0 Å². The van der Waals surface area contributed by atoms with Crippen LogP contribution in [0.25, 0.3) is 0 Å². The van der Waals surface area contributed by atoms with Crippen molar-refractivity contribution in [2.24, 2.45) is 0 Å². The van der Waals surface area contributed by atoms with Crippen LogP contribution in [0.4, 0.5) is 5.69 Å². The monoisotopic (exact) mass is 265 g/mol. The highest BCUT2D eigenvalue weighted by atomic mass is 16.5. The van der Waals surface area contributed by atoms with Crippen LogP contribution in [0, 0.1) is 0 Å². The Morgan fingerprint density at radius 1 is 1.42 bits per heavy atom. The van der Waals surface area contributed by atoms with Crippen LogP contribution in [0.5, 0.6) is 0 Å². The summed E-state index contributed by atoms with van der Waals surface area (Å²) in [5.41, 5.74) is 1.32. The summed E-state index contributed by atoms with van der Waals surface area (Å²) in [6, 6.07) is 3.65. The van der Waals surface area contributed by atoms with Crippen LogP contribution in [0.15, 0.2) is 18.3 Å². The second-order valence-corrected chi connectivity index (χ2v) is 4.44. The number of carbonyl (C=O) groups is 1. The first-order valence-electron chi connectivity index (χ1n) is 6.37. The molecule has 0 aromatic carbocycles. The number of hydrogen-bond donors (Lipinski definition) is 1. The first-order chi connectivity index (χ1) is 9.24. The van der Waals surface area contributed by atoms with Crippen molar-refractivity contribution in [2.75, 3.05) is 51.3 Å². The Labute approximate surface area is 112 Å². The summed E-state index contributed by atoms with van der Waals surface area (Å²) < 4.78 is 4.67. The molecule has 0 bridgehead atoms. The third-order valence-electron chi connectivity index (χ3n) is 3.29. The van der Waals surface area contributed by atoms with Crippen LogP contribution >= 0.6 is 0 Å². The number of aromatic nitrogens is 1. The van der Waals surface area contributed by atoms with Gasteiger partial charge in [-0.1, -0.05) is 0 Å². The van der Waals surface area contributed by atoms with E-state index in [-0.39, 0.29) is 6.61 Å². The van der Waals surface area contributed by atoms with Crippen LogP contribution < -0.4 is 4.90 Å². The number of esters is 1. The maximum atomic E-state index is 11.4. The molecule has 1 aromatic heterocycles. The predicted molar refractivity (Wildman–Crippen MR) is 71.3 cm³/mol. The average molecular weight is 265 g/mol. The summed E-state index contributed by atoms with van der Waals surface area (Å²) in [5, 5.41) is 8.91. The summed E-state index contributed by atoms with van der Waals surface area (Å²) in [4.78, 5) is 19.9. The molecule has 0 aliphatic carbocycles. The second-order valence-electron chi connectivity index (χ2n) is 4.44. The predicted octanol–water partition coefficient (Wildman–Crippen LogP) is -0.0175. The van der Waals surface area contributed by atoms with Gasteiger partial charge in [-0.3, -0.25) is 4.90 Å². The largest absolute Gasteiger partial charge is 0.464 e. The van der Waals surface area contributed by atoms with Gasteiger partial charge in [-0.05, 0) is 12.1 Å². The highest BCUT2D eigenvalue weighted by Gasteiger charge is 2.18. The summed E-state index contributed by atoms with van der Waals surface area (Å²) >= 11 is 0. The van der Waals surface area contributed by atoms with E-state index in [1.165, 1.54) is 7.11 Å². The van der Waals surface area contributed by atoms with Crippen molar-refractivity contribution in [3.05, 3.63) is 24.0 Å². The van der Waals surface area contributed by atoms with Crippen LogP contribution in [0.1, 0.15) is 10.5 Å². The molecule has 6 nitrogen and oxygen atoms in total. The summed E-state index contributed by atoms with van der Waals surface area (Å²) in [7, 11) is 1.35. The van der Waals surface area contributed by atoms with E-state index >= 15 is 0 Å². The molecule has 6 heteroatoms. The number of ether oxygens (including phenoxy) is 1. The molecule has 2 rings (SSSR count). The van der Waals surface area contributed by atoms with E-state index in [9.17, 15) is 4.79 Å². The molecule has 19 heavy (non-hydrogen) atoms. The molecule has 0 unspecified atom stereocenters. The Hall–Kier alpha value is -1.66. The normalized spacial score (nSPS) is 16.4. The van der Waals surface area contributed by atoms with Crippen molar-refractivity contribution < 1.29 is 14.6 Å². The molecule has 1 N–H and O–H groups in total. The Balaban J connectivity index is 2.01.